The second kappa shape index (κ2) is 7.94. The van der Waals surface area contributed by atoms with Gasteiger partial charge in [0.2, 0.25) is 0 Å². The van der Waals surface area contributed by atoms with Crippen molar-refractivity contribution in [1.82, 2.24) is 4.98 Å². The highest BCUT2D eigenvalue weighted by atomic mass is 16.5. The number of furan rings is 1. The van der Waals surface area contributed by atoms with Crippen molar-refractivity contribution in [3.8, 4) is 17.1 Å². The van der Waals surface area contributed by atoms with Crippen LogP contribution in [-0.4, -0.2) is 34.6 Å². The lowest BCUT2D eigenvalue weighted by atomic mass is 9.90. The monoisotopic (exact) mass is 423 g/mol. The Morgan fingerprint density at radius 3 is 2.58 bits per heavy atom. The Morgan fingerprint density at radius 1 is 1.16 bits per heavy atom. The van der Waals surface area contributed by atoms with Crippen LogP contribution in [0.25, 0.3) is 11.3 Å². The van der Waals surface area contributed by atoms with Gasteiger partial charge in [0.1, 0.15) is 17.1 Å². The minimum Gasteiger partial charge on any atom is -0.478 e. The smallest absolute Gasteiger partial charge is 0.343 e. The molecule has 0 aliphatic carbocycles. The van der Waals surface area contributed by atoms with Gasteiger partial charge in [0.15, 0.2) is 5.75 Å². The van der Waals surface area contributed by atoms with E-state index in [1.54, 1.807) is 31.2 Å². The summed E-state index contributed by atoms with van der Waals surface area (Å²) in [4.78, 5) is 50.6. The van der Waals surface area contributed by atoms with Crippen molar-refractivity contribution in [2.45, 2.75) is 19.3 Å². The lowest BCUT2D eigenvalue weighted by Gasteiger charge is -2.23. The summed E-state index contributed by atoms with van der Waals surface area (Å²) < 4.78 is 16.1. The van der Waals surface area contributed by atoms with Crippen molar-refractivity contribution in [1.29, 1.82) is 0 Å². The first kappa shape index (κ1) is 20.1. The Bertz CT molecular complexity index is 1240. The molecule has 2 aromatic heterocycles. The van der Waals surface area contributed by atoms with Crippen LogP contribution in [0.4, 0.5) is 0 Å². The zero-order valence-corrected chi connectivity index (χ0v) is 16.3. The molecule has 0 unspecified atom stereocenters. The van der Waals surface area contributed by atoms with Crippen LogP contribution in [0, 0.1) is 0 Å². The number of nitrogens with one attached hydrogen (secondary N) is 1. The van der Waals surface area contributed by atoms with E-state index in [1.807, 2.05) is 0 Å². The van der Waals surface area contributed by atoms with Gasteiger partial charge in [-0.15, -0.1) is 0 Å². The zero-order chi connectivity index (χ0) is 22.1. The lowest BCUT2D eigenvalue weighted by Crippen LogP contribution is -2.29. The number of aromatic amines is 1. The summed E-state index contributed by atoms with van der Waals surface area (Å²) in [6.07, 6.45) is 1.01. The molecule has 1 aliphatic rings. The molecule has 0 radical (unpaired) electrons. The molecule has 3 aromatic rings. The fourth-order valence-corrected chi connectivity index (χ4v) is 3.46. The molecule has 9 nitrogen and oxygen atoms in total. The van der Waals surface area contributed by atoms with E-state index in [9.17, 15) is 19.2 Å². The first-order valence-corrected chi connectivity index (χ1v) is 9.46. The van der Waals surface area contributed by atoms with Crippen molar-refractivity contribution in [3.05, 3.63) is 75.4 Å². The standard InChI is InChI=1S/C22H17NO8/c1-2-29-22(28)14-10-23-20(25)18-13(9-17(24)31-19(14)18)16-8-7-15(30-16)11-3-5-12(6-4-11)21(26)27/h3-8,10,13H,2,9H2,1H3,(H,23,25)(H,26,27)/t13-/m0/s1. The summed E-state index contributed by atoms with van der Waals surface area (Å²) in [5.74, 6) is -2.50. The van der Waals surface area contributed by atoms with Gasteiger partial charge >= 0.3 is 17.9 Å². The fraction of sp³-hybridized carbons (Fsp3) is 0.182. The lowest BCUT2D eigenvalue weighted by molar-refractivity contribution is -0.135. The molecule has 0 amide bonds. The van der Waals surface area contributed by atoms with E-state index in [-0.39, 0.29) is 35.5 Å². The molecule has 1 aromatic carbocycles. The number of ether oxygens (including phenoxy) is 2. The molecule has 0 saturated carbocycles. The Labute approximate surface area is 175 Å². The molecule has 31 heavy (non-hydrogen) atoms. The number of carboxylic acid groups (broad SMARTS) is 1. The summed E-state index contributed by atoms with van der Waals surface area (Å²) in [7, 11) is 0. The number of hydrogen-bond acceptors (Lipinski definition) is 7. The Morgan fingerprint density at radius 2 is 1.90 bits per heavy atom. The van der Waals surface area contributed by atoms with E-state index in [4.69, 9.17) is 19.0 Å². The Kier molecular flexibility index (Phi) is 5.16. The second-order valence-corrected chi connectivity index (χ2v) is 6.81. The van der Waals surface area contributed by atoms with E-state index in [1.165, 1.54) is 12.1 Å². The van der Waals surface area contributed by atoms with Crippen LogP contribution in [0.2, 0.25) is 0 Å². The molecule has 158 valence electrons. The maximum absolute atomic E-state index is 12.6. The predicted octanol–water partition coefficient (Wildman–Crippen LogP) is 2.95. The molecule has 0 fully saturated rings. The highest BCUT2D eigenvalue weighted by Crippen LogP contribution is 2.40. The van der Waals surface area contributed by atoms with Gasteiger partial charge in [0.05, 0.1) is 30.1 Å². The van der Waals surface area contributed by atoms with Crippen molar-refractivity contribution >= 4 is 17.9 Å². The van der Waals surface area contributed by atoms with Gasteiger partial charge in [-0.1, -0.05) is 12.1 Å². The largest absolute Gasteiger partial charge is 0.478 e. The van der Waals surface area contributed by atoms with Gasteiger partial charge < -0.3 is 24.0 Å². The quantitative estimate of drug-likeness (QED) is 0.598. The number of aromatic carboxylic acids is 1. The van der Waals surface area contributed by atoms with Crippen LogP contribution in [-0.2, 0) is 9.53 Å². The first-order valence-electron chi connectivity index (χ1n) is 9.46. The third kappa shape index (κ3) is 3.73. The molecule has 4 rings (SSSR count). The van der Waals surface area contributed by atoms with Gasteiger partial charge in [0, 0.05) is 11.8 Å². The topological polar surface area (TPSA) is 136 Å². The molecule has 1 atom stereocenters. The number of H-pyrrole nitrogens is 1. The summed E-state index contributed by atoms with van der Waals surface area (Å²) in [5.41, 5.74) is 0.309. The van der Waals surface area contributed by atoms with Gasteiger partial charge in [0.25, 0.3) is 5.56 Å². The number of carbonyl (C=O) groups excluding carboxylic acids is 2. The van der Waals surface area contributed by atoms with Gasteiger partial charge in [-0.2, -0.15) is 0 Å². The Balaban J connectivity index is 1.75. The van der Waals surface area contributed by atoms with Crippen molar-refractivity contribution in [2.24, 2.45) is 0 Å². The summed E-state index contributed by atoms with van der Waals surface area (Å²) in [5, 5.41) is 9.03. The molecule has 1 aliphatic heterocycles. The van der Waals surface area contributed by atoms with Gasteiger partial charge in [-0.25, -0.2) is 9.59 Å². The van der Waals surface area contributed by atoms with Gasteiger partial charge in [-0.05, 0) is 31.2 Å². The van der Waals surface area contributed by atoms with E-state index in [2.05, 4.69) is 4.98 Å². The SMILES string of the molecule is CCOC(=O)c1c[nH]c(=O)c2c1OC(=O)C[C@H]2c1ccc(-c2ccc(C(=O)O)cc2)o1. The van der Waals surface area contributed by atoms with E-state index < -0.39 is 29.4 Å². The summed E-state index contributed by atoms with van der Waals surface area (Å²) in [6.45, 7) is 1.75. The first-order chi connectivity index (χ1) is 14.9. The number of hydrogen-bond donors (Lipinski definition) is 2. The molecule has 0 bridgehead atoms. The number of carboxylic acids is 1. The van der Waals surface area contributed by atoms with Crippen LogP contribution < -0.4 is 10.3 Å². The number of carbonyl (C=O) groups is 3. The van der Waals surface area contributed by atoms with Crippen LogP contribution in [0.15, 0.2) is 51.8 Å². The van der Waals surface area contributed by atoms with Crippen molar-refractivity contribution in [3.63, 3.8) is 0 Å². The molecule has 9 heteroatoms. The van der Waals surface area contributed by atoms with Crippen molar-refractivity contribution < 1.29 is 33.4 Å². The number of pyridine rings is 1. The number of benzene rings is 1. The summed E-state index contributed by atoms with van der Waals surface area (Å²) in [6, 6.07) is 9.38. The van der Waals surface area contributed by atoms with Crippen molar-refractivity contribution in [2.75, 3.05) is 6.61 Å². The maximum atomic E-state index is 12.6. The van der Waals surface area contributed by atoms with Crippen LogP contribution >= 0.6 is 0 Å². The fourth-order valence-electron chi connectivity index (χ4n) is 3.46. The maximum Gasteiger partial charge on any atom is 0.343 e. The highest BCUT2D eigenvalue weighted by Gasteiger charge is 2.36. The minimum atomic E-state index is -1.04. The van der Waals surface area contributed by atoms with Crippen LogP contribution in [0.3, 0.4) is 0 Å². The van der Waals surface area contributed by atoms with E-state index >= 15 is 0 Å². The molecular formula is C22H17NO8. The predicted molar refractivity (Wildman–Crippen MR) is 106 cm³/mol. The highest BCUT2D eigenvalue weighted by molar-refractivity contribution is 5.94. The Hall–Kier alpha value is -4.14. The van der Waals surface area contributed by atoms with E-state index in [0.29, 0.717) is 17.1 Å². The van der Waals surface area contributed by atoms with E-state index in [0.717, 1.165) is 6.20 Å². The number of aromatic nitrogens is 1. The molecule has 0 spiro atoms. The minimum absolute atomic E-state index is 0.0504. The molecule has 0 saturated heterocycles. The van der Waals surface area contributed by atoms with Crippen LogP contribution in [0.5, 0.6) is 5.75 Å². The normalized spacial score (nSPS) is 15.1. The zero-order valence-electron chi connectivity index (χ0n) is 16.3. The molecule has 3 heterocycles. The number of fused-ring (bicyclic) bond motifs is 1. The molecular weight excluding hydrogens is 406 g/mol. The average Bonchev–Trinajstić information content (AvgIpc) is 3.23. The average molecular weight is 423 g/mol. The third-order valence-electron chi connectivity index (χ3n) is 4.90. The molecule has 2 N–H and O–H groups in total. The number of rotatable bonds is 5. The summed E-state index contributed by atoms with van der Waals surface area (Å²) >= 11 is 0. The van der Waals surface area contributed by atoms with Gasteiger partial charge in [-0.3, -0.25) is 9.59 Å². The number of esters is 2. The van der Waals surface area contributed by atoms with Crippen LogP contribution in [0.1, 0.15) is 51.3 Å². The third-order valence-corrected chi connectivity index (χ3v) is 4.90. The second-order valence-electron chi connectivity index (χ2n) is 6.81.